The number of nitrogens with one attached hydrogen (secondary N) is 1. The quantitative estimate of drug-likeness (QED) is 0.686. The summed E-state index contributed by atoms with van der Waals surface area (Å²) < 4.78 is 18.5. The Kier molecular flexibility index (Phi) is 5.17. The first-order chi connectivity index (χ1) is 14.4. The number of hydrogen-bond donors (Lipinski definition) is 1. The number of carbonyl (C=O) groups excluding carboxylic acids is 2. The van der Waals surface area contributed by atoms with Crippen LogP contribution in [0.5, 0.6) is 0 Å². The number of hydrogen-bond acceptors (Lipinski definition) is 6. The first-order valence-corrected chi connectivity index (χ1v) is 10.0. The topological polar surface area (TPSA) is 97.2 Å². The number of fused-ring (bicyclic) bond motifs is 1. The molecule has 30 heavy (non-hydrogen) atoms. The number of amides is 2. The van der Waals surface area contributed by atoms with Gasteiger partial charge < -0.3 is 10.2 Å². The smallest absolute Gasteiger partial charge is 0.268 e. The first kappa shape index (κ1) is 19.9. The summed E-state index contributed by atoms with van der Waals surface area (Å²) in [6, 6.07) is 5.43. The Morgan fingerprint density at radius 1 is 1.23 bits per heavy atom. The van der Waals surface area contributed by atoms with Gasteiger partial charge in [0, 0.05) is 32.0 Å². The summed E-state index contributed by atoms with van der Waals surface area (Å²) in [5.41, 5.74) is 1.87. The molecule has 1 aliphatic heterocycles. The van der Waals surface area contributed by atoms with Gasteiger partial charge in [-0.15, -0.1) is 5.10 Å². The average molecular weight is 427 g/mol. The highest BCUT2D eigenvalue weighted by atomic mass is 32.1. The van der Waals surface area contributed by atoms with E-state index in [9.17, 15) is 18.8 Å². The first-order valence-electron chi connectivity index (χ1n) is 9.24. The zero-order valence-corrected chi connectivity index (χ0v) is 17.1. The van der Waals surface area contributed by atoms with Gasteiger partial charge in [-0.05, 0) is 60.3 Å². The number of pyridine rings is 1. The van der Waals surface area contributed by atoms with Crippen molar-refractivity contribution in [2.45, 2.75) is 19.9 Å². The molecule has 1 aliphatic rings. The molecule has 8 nitrogen and oxygen atoms in total. The van der Waals surface area contributed by atoms with Crippen molar-refractivity contribution >= 4 is 23.3 Å². The second-order valence-corrected chi connectivity index (χ2v) is 7.66. The third-order valence-electron chi connectivity index (χ3n) is 5.09. The second-order valence-electron chi connectivity index (χ2n) is 6.90. The molecule has 154 valence electrons. The molecule has 3 heterocycles. The van der Waals surface area contributed by atoms with E-state index in [0.717, 1.165) is 11.5 Å². The molecule has 1 aromatic carbocycles. The summed E-state index contributed by atoms with van der Waals surface area (Å²) in [4.78, 5) is 40.6. The molecule has 0 radical (unpaired) electrons. The molecule has 3 aromatic rings. The summed E-state index contributed by atoms with van der Waals surface area (Å²) in [6.45, 7) is 2.33. The number of benzene rings is 1. The minimum absolute atomic E-state index is 0.0436. The summed E-state index contributed by atoms with van der Waals surface area (Å²) in [7, 11) is 1.46. The zero-order valence-electron chi connectivity index (χ0n) is 16.3. The average Bonchev–Trinajstić information content (AvgIpc) is 3.18. The van der Waals surface area contributed by atoms with Crippen molar-refractivity contribution in [3.63, 3.8) is 0 Å². The largest absolute Gasteiger partial charge is 0.355 e. The highest BCUT2D eigenvalue weighted by Gasteiger charge is 2.29. The van der Waals surface area contributed by atoms with Crippen molar-refractivity contribution in [3.05, 3.63) is 73.9 Å². The fourth-order valence-corrected chi connectivity index (χ4v) is 4.18. The minimum atomic E-state index is -0.491. The molecule has 0 unspecified atom stereocenters. The van der Waals surface area contributed by atoms with Crippen LogP contribution in [-0.4, -0.2) is 44.5 Å². The van der Waals surface area contributed by atoms with E-state index in [2.05, 4.69) is 14.9 Å². The van der Waals surface area contributed by atoms with Crippen LogP contribution in [0, 0.1) is 12.7 Å². The fraction of sp³-hybridized carbons (Fsp3) is 0.250. The Balaban J connectivity index is 1.81. The molecule has 0 bridgehead atoms. The lowest BCUT2D eigenvalue weighted by Crippen LogP contribution is -2.40. The molecule has 0 aliphatic carbocycles. The molecular weight excluding hydrogens is 409 g/mol. The molecule has 0 atom stereocenters. The van der Waals surface area contributed by atoms with Crippen molar-refractivity contribution in [1.29, 1.82) is 0 Å². The van der Waals surface area contributed by atoms with Crippen molar-refractivity contribution in [1.82, 2.24) is 24.4 Å². The van der Waals surface area contributed by atoms with Gasteiger partial charge in [0.2, 0.25) is 0 Å². The lowest BCUT2D eigenvalue weighted by molar-refractivity contribution is 0.0738. The monoisotopic (exact) mass is 427 g/mol. The van der Waals surface area contributed by atoms with Crippen molar-refractivity contribution in [2.24, 2.45) is 0 Å². The van der Waals surface area contributed by atoms with E-state index in [1.165, 1.54) is 35.9 Å². The molecule has 1 N–H and O–H groups in total. The standard InChI is InChI=1S/C20H18FN5O3S/c1-11-17(30-24-23-11)20(29)25-8-7-15-12(9-25)10-26(14-5-3-13(21)4-6-14)19(28)16(15)18(27)22-2/h3-6,10H,7-9H2,1-2H3,(H,22,27). The highest BCUT2D eigenvalue weighted by Crippen LogP contribution is 2.24. The zero-order chi connectivity index (χ0) is 21.4. The van der Waals surface area contributed by atoms with E-state index in [0.29, 0.717) is 40.4 Å². The number of halogens is 1. The molecule has 0 saturated heterocycles. The fourth-order valence-electron chi connectivity index (χ4n) is 3.55. The van der Waals surface area contributed by atoms with Crippen molar-refractivity contribution in [2.75, 3.05) is 13.6 Å². The van der Waals surface area contributed by atoms with Gasteiger partial charge in [-0.1, -0.05) is 4.49 Å². The lowest BCUT2D eigenvalue weighted by Gasteiger charge is -2.30. The Morgan fingerprint density at radius 3 is 2.60 bits per heavy atom. The van der Waals surface area contributed by atoms with Gasteiger partial charge in [0.1, 0.15) is 16.3 Å². The molecule has 0 saturated carbocycles. The Bertz CT molecular complexity index is 1200. The van der Waals surface area contributed by atoms with E-state index >= 15 is 0 Å². The number of aromatic nitrogens is 3. The number of carbonyl (C=O) groups is 2. The van der Waals surface area contributed by atoms with Gasteiger partial charge in [0.15, 0.2) is 0 Å². The highest BCUT2D eigenvalue weighted by molar-refractivity contribution is 7.07. The summed E-state index contributed by atoms with van der Waals surface area (Å²) in [5, 5.41) is 6.41. The molecular formula is C20H18FN5O3S. The third-order valence-corrected chi connectivity index (χ3v) is 5.91. The molecule has 2 aromatic heterocycles. The summed E-state index contributed by atoms with van der Waals surface area (Å²) >= 11 is 1.04. The number of rotatable bonds is 3. The SMILES string of the molecule is CNC(=O)c1c2c(cn(-c3ccc(F)cc3)c1=O)CN(C(=O)c1snnc1C)CC2. The molecule has 4 rings (SSSR count). The maximum atomic E-state index is 13.3. The van der Waals surface area contributed by atoms with Gasteiger partial charge in [0.25, 0.3) is 17.4 Å². The predicted octanol–water partition coefficient (Wildman–Crippen LogP) is 1.69. The van der Waals surface area contributed by atoms with Gasteiger partial charge in [-0.3, -0.25) is 19.0 Å². The lowest BCUT2D eigenvalue weighted by atomic mass is 9.95. The van der Waals surface area contributed by atoms with Crippen LogP contribution in [0.25, 0.3) is 5.69 Å². The van der Waals surface area contributed by atoms with E-state index in [4.69, 9.17) is 0 Å². The predicted molar refractivity (Wildman–Crippen MR) is 108 cm³/mol. The van der Waals surface area contributed by atoms with Crippen LogP contribution >= 0.6 is 11.5 Å². The van der Waals surface area contributed by atoms with Gasteiger partial charge >= 0.3 is 0 Å². The minimum Gasteiger partial charge on any atom is -0.355 e. The van der Waals surface area contributed by atoms with Crippen molar-refractivity contribution < 1.29 is 14.0 Å². The molecule has 10 heteroatoms. The summed E-state index contributed by atoms with van der Waals surface area (Å²) in [6.07, 6.45) is 1.99. The van der Waals surface area contributed by atoms with Crippen LogP contribution in [-0.2, 0) is 13.0 Å². The third kappa shape index (κ3) is 3.39. The Morgan fingerprint density at radius 2 is 1.97 bits per heavy atom. The van der Waals surface area contributed by atoms with Gasteiger partial charge in [-0.25, -0.2) is 4.39 Å². The van der Waals surface area contributed by atoms with E-state index < -0.39 is 17.3 Å². The van der Waals surface area contributed by atoms with Crippen LogP contribution in [0.4, 0.5) is 4.39 Å². The van der Waals surface area contributed by atoms with Crippen LogP contribution in [0.3, 0.4) is 0 Å². The van der Waals surface area contributed by atoms with Crippen LogP contribution in [0.2, 0.25) is 0 Å². The number of aryl methyl sites for hydroxylation is 1. The molecule has 2 amide bonds. The van der Waals surface area contributed by atoms with E-state index in [1.54, 1.807) is 18.0 Å². The van der Waals surface area contributed by atoms with E-state index in [1.807, 2.05) is 0 Å². The van der Waals surface area contributed by atoms with Gasteiger partial charge in [0.05, 0.1) is 5.69 Å². The normalized spacial score (nSPS) is 13.1. The van der Waals surface area contributed by atoms with Crippen LogP contribution < -0.4 is 10.9 Å². The Hall–Kier alpha value is -3.40. The maximum absolute atomic E-state index is 13.3. The molecule has 0 spiro atoms. The second kappa shape index (κ2) is 7.79. The van der Waals surface area contributed by atoms with E-state index in [-0.39, 0.29) is 18.0 Å². The number of nitrogens with zero attached hydrogens (tertiary/aromatic N) is 4. The summed E-state index contributed by atoms with van der Waals surface area (Å²) in [5.74, 6) is -1.11. The van der Waals surface area contributed by atoms with Gasteiger partial charge in [-0.2, -0.15) is 0 Å². The maximum Gasteiger partial charge on any atom is 0.268 e. The Labute approximate surface area is 175 Å². The van der Waals surface area contributed by atoms with Crippen LogP contribution in [0.1, 0.15) is 36.9 Å². The van der Waals surface area contributed by atoms with Crippen molar-refractivity contribution in [3.8, 4) is 5.69 Å². The molecule has 0 fully saturated rings. The van der Waals surface area contributed by atoms with Crippen LogP contribution in [0.15, 0.2) is 35.3 Å².